The second-order valence-electron chi connectivity index (χ2n) is 9.18. The number of ether oxygens (including phenoxy) is 4. The Morgan fingerprint density at radius 1 is 1.19 bits per heavy atom. The Bertz CT molecular complexity index is 1140. The molecule has 2 aliphatic rings. The van der Waals surface area contributed by atoms with Gasteiger partial charge in [0.05, 0.1) is 26.2 Å². The van der Waals surface area contributed by atoms with E-state index in [-0.39, 0.29) is 42.4 Å². The summed E-state index contributed by atoms with van der Waals surface area (Å²) >= 11 is 0. The van der Waals surface area contributed by atoms with Crippen molar-refractivity contribution in [3.63, 3.8) is 0 Å². The maximum absolute atomic E-state index is 13.4. The van der Waals surface area contributed by atoms with Crippen molar-refractivity contribution < 1.29 is 42.8 Å². The van der Waals surface area contributed by atoms with Crippen LogP contribution < -0.4 is 10.1 Å². The van der Waals surface area contributed by atoms with Gasteiger partial charge in [-0.05, 0) is 43.9 Å². The molecule has 2 fully saturated rings. The number of aromatic hydroxyl groups is 1. The van der Waals surface area contributed by atoms with E-state index in [4.69, 9.17) is 18.9 Å². The second kappa shape index (κ2) is 11.5. The van der Waals surface area contributed by atoms with Gasteiger partial charge in [-0.15, -0.1) is 0 Å². The van der Waals surface area contributed by atoms with Crippen molar-refractivity contribution >= 4 is 17.8 Å². The average molecular weight is 517 g/mol. The van der Waals surface area contributed by atoms with Crippen LogP contribution in [-0.2, 0) is 30.2 Å². The van der Waals surface area contributed by atoms with Crippen LogP contribution in [0.15, 0.2) is 36.5 Å². The molecular weight excluding hydrogens is 487 g/mol. The van der Waals surface area contributed by atoms with Crippen molar-refractivity contribution in [1.82, 2.24) is 10.3 Å². The summed E-state index contributed by atoms with van der Waals surface area (Å²) in [4.78, 5) is 42.2. The van der Waals surface area contributed by atoms with E-state index in [1.807, 2.05) is 0 Å². The first-order chi connectivity index (χ1) is 17.8. The van der Waals surface area contributed by atoms with Crippen LogP contribution in [0, 0.1) is 17.7 Å². The SMILES string of the molecule is COc1ccnc(C(=O)NC2COCC(Cc3ccc(F)cc3)C(OC(=O)C3CC3)C(C)OC2=O)c1O. The van der Waals surface area contributed by atoms with Crippen molar-refractivity contribution in [3.05, 3.63) is 53.6 Å². The number of rotatable bonds is 7. The molecule has 2 N–H and O–H groups in total. The van der Waals surface area contributed by atoms with Crippen LogP contribution in [-0.4, -0.2) is 66.5 Å². The minimum absolute atomic E-state index is 0.0472. The van der Waals surface area contributed by atoms with Gasteiger partial charge in [-0.1, -0.05) is 12.1 Å². The monoisotopic (exact) mass is 516 g/mol. The lowest BCUT2D eigenvalue weighted by atomic mass is 9.91. The summed E-state index contributed by atoms with van der Waals surface area (Å²) in [7, 11) is 1.33. The summed E-state index contributed by atoms with van der Waals surface area (Å²) in [6.07, 6.45) is 1.48. The number of nitrogens with one attached hydrogen (secondary N) is 1. The van der Waals surface area contributed by atoms with Crippen molar-refractivity contribution in [2.24, 2.45) is 11.8 Å². The van der Waals surface area contributed by atoms with E-state index < -0.39 is 41.8 Å². The molecule has 11 heteroatoms. The Kier molecular flexibility index (Phi) is 8.22. The second-order valence-corrected chi connectivity index (χ2v) is 9.18. The van der Waals surface area contributed by atoms with Gasteiger partial charge >= 0.3 is 11.9 Å². The molecule has 1 aliphatic carbocycles. The van der Waals surface area contributed by atoms with Crippen LogP contribution in [0.1, 0.15) is 35.8 Å². The number of halogens is 1. The Hall–Kier alpha value is -3.73. The van der Waals surface area contributed by atoms with Crippen LogP contribution in [0.5, 0.6) is 11.5 Å². The number of amides is 1. The number of carbonyl (C=O) groups excluding carboxylic acids is 3. The molecule has 0 radical (unpaired) electrons. The Morgan fingerprint density at radius 2 is 1.92 bits per heavy atom. The van der Waals surface area contributed by atoms with Gasteiger partial charge in [0.25, 0.3) is 5.91 Å². The molecule has 10 nitrogen and oxygen atoms in total. The van der Waals surface area contributed by atoms with Crippen LogP contribution in [0.25, 0.3) is 0 Å². The van der Waals surface area contributed by atoms with E-state index >= 15 is 0 Å². The predicted molar refractivity (Wildman–Crippen MR) is 126 cm³/mol. The lowest BCUT2D eigenvalue weighted by Crippen LogP contribution is -2.46. The highest BCUT2D eigenvalue weighted by atomic mass is 19.1. The molecule has 4 unspecified atom stereocenters. The van der Waals surface area contributed by atoms with Gasteiger partial charge in [-0.2, -0.15) is 0 Å². The number of hydrogen-bond donors (Lipinski definition) is 2. The number of esters is 2. The minimum Gasteiger partial charge on any atom is -0.503 e. The summed E-state index contributed by atoms with van der Waals surface area (Å²) in [5.41, 5.74) is 0.468. The third-order valence-electron chi connectivity index (χ3n) is 6.33. The first-order valence-corrected chi connectivity index (χ1v) is 12.0. The number of pyridine rings is 1. The van der Waals surface area contributed by atoms with E-state index in [2.05, 4.69) is 10.3 Å². The quantitative estimate of drug-likeness (QED) is 0.531. The van der Waals surface area contributed by atoms with Gasteiger partial charge in [0.1, 0.15) is 18.0 Å². The molecule has 1 saturated heterocycles. The molecule has 2 heterocycles. The molecule has 4 atom stereocenters. The fourth-order valence-corrected chi connectivity index (χ4v) is 4.15. The van der Waals surface area contributed by atoms with E-state index in [0.29, 0.717) is 6.42 Å². The van der Waals surface area contributed by atoms with E-state index in [1.165, 1.54) is 31.5 Å². The van der Waals surface area contributed by atoms with E-state index in [1.54, 1.807) is 19.1 Å². The summed E-state index contributed by atoms with van der Waals surface area (Å²) in [6, 6.07) is 6.12. The Labute approximate surface area is 213 Å². The molecule has 1 aromatic carbocycles. The summed E-state index contributed by atoms with van der Waals surface area (Å²) in [5, 5.41) is 12.7. The van der Waals surface area contributed by atoms with E-state index in [0.717, 1.165) is 18.4 Å². The molecule has 1 aliphatic heterocycles. The fourth-order valence-electron chi connectivity index (χ4n) is 4.15. The Balaban J connectivity index is 1.52. The van der Waals surface area contributed by atoms with E-state index in [9.17, 15) is 23.9 Å². The van der Waals surface area contributed by atoms with Crippen LogP contribution in [0.2, 0.25) is 0 Å². The normalized spacial score (nSPS) is 24.1. The molecule has 1 aromatic heterocycles. The van der Waals surface area contributed by atoms with Gasteiger partial charge in [0.15, 0.2) is 23.2 Å². The highest BCUT2D eigenvalue weighted by Gasteiger charge is 2.40. The minimum atomic E-state index is -1.22. The van der Waals surface area contributed by atoms with Crippen LogP contribution in [0.3, 0.4) is 0 Å². The van der Waals surface area contributed by atoms with Gasteiger partial charge < -0.3 is 29.4 Å². The first-order valence-electron chi connectivity index (χ1n) is 12.0. The zero-order chi connectivity index (χ0) is 26.5. The van der Waals surface area contributed by atoms with Crippen LogP contribution >= 0.6 is 0 Å². The van der Waals surface area contributed by atoms with Gasteiger partial charge in [0, 0.05) is 18.2 Å². The summed E-state index contributed by atoms with van der Waals surface area (Å²) in [5.74, 6) is -3.35. The predicted octanol–water partition coefficient (Wildman–Crippen LogP) is 2.18. The van der Waals surface area contributed by atoms with Gasteiger partial charge in [0.2, 0.25) is 0 Å². The van der Waals surface area contributed by atoms with Crippen molar-refractivity contribution in [2.75, 3.05) is 20.3 Å². The molecule has 1 saturated carbocycles. The lowest BCUT2D eigenvalue weighted by Gasteiger charge is -2.30. The number of carbonyl (C=O) groups is 3. The van der Waals surface area contributed by atoms with Crippen molar-refractivity contribution in [3.8, 4) is 11.5 Å². The number of methoxy groups -OCH3 is 1. The highest BCUT2D eigenvalue weighted by Crippen LogP contribution is 2.33. The highest BCUT2D eigenvalue weighted by molar-refractivity contribution is 5.98. The number of aromatic nitrogens is 1. The number of cyclic esters (lactones) is 1. The van der Waals surface area contributed by atoms with Gasteiger partial charge in [-0.25, -0.2) is 14.2 Å². The smallest absolute Gasteiger partial charge is 0.331 e. The largest absolute Gasteiger partial charge is 0.503 e. The third-order valence-corrected chi connectivity index (χ3v) is 6.33. The standard InChI is InChI=1S/C26H29FN2O8/c1-14-23(37-25(32)16-5-6-16)17(11-15-3-7-18(27)8-4-15)12-35-13-19(26(33)36-14)29-24(31)21-22(30)20(34-2)9-10-28-21/h3-4,7-10,14,16-17,19,23,30H,5-6,11-13H2,1-2H3,(H,29,31). The first kappa shape index (κ1) is 26.3. The molecule has 0 bridgehead atoms. The molecule has 1 amide bonds. The number of nitrogens with zero attached hydrogens (tertiary/aromatic N) is 1. The third kappa shape index (κ3) is 6.53. The summed E-state index contributed by atoms with van der Waals surface area (Å²) in [6.45, 7) is 1.46. The van der Waals surface area contributed by atoms with Crippen molar-refractivity contribution in [1.29, 1.82) is 0 Å². The molecule has 198 valence electrons. The Morgan fingerprint density at radius 3 is 2.59 bits per heavy atom. The molecular formula is C26H29FN2O8. The molecule has 4 rings (SSSR count). The molecule has 0 spiro atoms. The van der Waals surface area contributed by atoms with Crippen LogP contribution in [0.4, 0.5) is 4.39 Å². The van der Waals surface area contributed by atoms with Gasteiger partial charge in [-0.3, -0.25) is 9.59 Å². The maximum Gasteiger partial charge on any atom is 0.331 e. The molecule has 2 aromatic rings. The topological polar surface area (TPSA) is 133 Å². The summed E-state index contributed by atoms with van der Waals surface area (Å²) < 4.78 is 35.6. The number of benzene rings is 1. The molecule has 37 heavy (non-hydrogen) atoms. The maximum atomic E-state index is 13.4. The van der Waals surface area contributed by atoms with Crippen molar-refractivity contribution in [2.45, 2.75) is 44.4 Å². The zero-order valence-electron chi connectivity index (χ0n) is 20.5. The fraction of sp³-hybridized carbons (Fsp3) is 0.462. The lowest BCUT2D eigenvalue weighted by molar-refractivity contribution is -0.172. The average Bonchev–Trinajstić information content (AvgIpc) is 3.72. The zero-order valence-corrected chi connectivity index (χ0v) is 20.5. The number of hydrogen-bond acceptors (Lipinski definition) is 9.